The van der Waals surface area contributed by atoms with Gasteiger partial charge in [0.2, 0.25) is 5.88 Å². The van der Waals surface area contributed by atoms with Crippen molar-refractivity contribution in [2.24, 2.45) is 5.73 Å². The van der Waals surface area contributed by atoms with Gasteiger partial charge in [0, 0.05) is 29.4 Å². The fourth-order valence-corrected chi connectivity index (χ4v) is 5.41. The Labute approximate surface area is 197 Å². The van der Waals surface area contributed by atoms with Crippen molar-refractivity contribution in [2.45, 2.75) is 45.4 Å². The Morgan fingerprint density at radius 1 is 1.21 bits per heavy atom. The fourth-order valence-electron chi connectivity index (χ4n) is 4.31. The van der Waals surface area contributed by atoms with E-state index in [4.69, 9.17) is 10.5 Å². The molecule has 1 aromatic carbocycles. The summed E-state index contributed by atoms with van der Waals surface area (Å²) < 4.78 is 5.82. The van der Waals surface area contributed by atoms with E-state index in [9.17, 15) is 9.90 Å². The standard InChI is InChI=1S/C26H31N3O3S/c1-15(14-27)17-8-10-18(11-9-17)21-22-20-13-19(7-5-4-6-12-32-3)33-24(20)26(31)29-23(22)16(2)28-25(21)30/h8-11,13,15H,4-7,12,14,27H2,1-3H3,(H,28,30)(H,29,31). The monoisotopic (exact) mass is 465 g/mol. The van der Waals surface area contributed by atoms with Crippen LogP contribution in [0, 0.1) is 6.92 Å². The molecule has 0 fully saturated rings. The number of hydrogen-bond acceptors (Lipinski definition) is 6. The van der Waals surface area contributed by atoms with Gasteiger partial charge >= 0.3 is 0 Å². The minimum absolute atomic E-state index is 0.0275. The van der Waals surface area contributed by atoms with Crippen LogP contribution in [0.2, 0.25) is 0 Å². The van der Waals surface area contributed by atoms with Crippen molar-refractivity contribution in [2.75, 3.05) is 20.3 Å². The average molecular weight is 466 g/mol. The van der Waals surface area contributed by atoms with Gasteiger partial charge in [-0.15, -0.1) is 11.3 Å². The number of nitrogens with zero attached hydrogens (tertiary/aromatic N) is 1. The second kappa shape index (κ2) is 10.0. The van der Waals surface area contributed by atoms with E-state index in [-0.39, 0.29) is 17.4 Å². The van der Waals surface area contributed by atoms with E-state index in [0.29, 0.717) is 28.0 Å². The number of nitrogens with two attached hydrogens (primary N) is 1. The summed E-state index contributed by atoms with van der Waals surface area (Å²) in [4.78, 5) is 21.4. The number of aromatic nitrogens is 2. The highest BCUT2D eigenvalue weighted by Gasteiger charge is 2.20. The first-order valence-corrected chi connectivity index (χ1v) is 12.2. The highest BCUT2D eigenvalue weighted by Crippen LogP contribution is 2.40. The van der Waals surface area contributed by atoms with Crippen molar-refractivity contribution in [3.63, 3.8) is 0 Å². The Balaban J connectivity index is 1.84. The van der Waals surface area contributed by atoms with Gasteiger partial charge in [-0.05, 0) is 55.8 Å². The molecule has 174 valence electrons. The Kier molecular flexibility index (Phi) is 7.12. The minimum Gasteiger partial charge on any atom is -0.493 e. The number of methoxy groups -OCH3 is 1. The lowest BCUT2D eigenvalue weighted by atomic mass is 9.95. The molecule has 1 atom stereocenters. The summed E-state index contributed by atoms with van der Waals surface area (Å²) in [6.07, 6.45) is 4.08. The van der Waals surface area contributed by atoms with Crippen LogP contribution in [0.15, 0.2) is 35.1 Å². The molecule has 0 aliphatic carbocycles. The number of fused-ring (bicyclic) bond motifs is 3. The molecule has 4 aromatic rings. The number of hydrogen-bond donors (Lipinski definition) is 3. The predicted molar refractivity (Wildman–Crippen MR) is 136 cm³/mol. The van der Waals surface area contributed by atoms with Gasteiger partial charge in [0.25, 0.3) is 5.56 Å². The first-order chi connectivity index (χ1) is 15.9. The zero-order valence-corrected chi connectivity index (χ0v) is 20.2. The van der Waals surface area contributed by atoms with Crippen LogP contribution < -0.4 is 11.3 Å². The number of rotatable bonds is 9. The van der Waals surface area contributed by atoms with Crippen LogP contribution in [0.4, 0.5) is 0 Å². The van der Waals surface area contributed by atoms with Crippen molar-refractivity contribution in [3.8, 4) is 17.0 Å². The second-order valence-corrected chi connectivity index (χ2v) is 9.75. The van der Waals surface area contributed by atoms with Gasteiger partial charge in [0.05, 0.1) is 16.8 Å². The highest BCUT2D eigenvalue weighted by atomic mass is 32.1. The van der Waals surface area contributed by atoms with Gasteiger partial charge in [-0.25, -0.2) is 4.98 Å². The van der Waals surface area contributed by atoms with E-state index in [0.717, 1.165) is 54.2 Å². The number of ether oxygens (including phenoxy) is 1. The van der Waals surface area contributed by atoms with Gasteiger partial charge in [-0.2, -0.15) is 0 Å². The van der Waals surface area contributed by atoms with E-state index < -0.39 is 0 Å². The van der Waals surface area contributed by atoms with Crippen LogP contribution in [-0.4, -0.2) is 35.3 Å². The molecule has 33 heavy (non-hydrogen) atoms. The first-order valence-electron chi connectivity index (χ1n) is 11.4. The smallest absolute Gasteiger partial charge is 0.266 e. The normalized spacial score (nSPS) is 12.6. The summed E-state index contributed by atoms with van der Waals surface area (Å²) in [5.41, 5.74) is 9.64. The summed E-state index contributed by atoms with van der Waals surface area (Å²) >= 11 is 1.54. The molecule has 0 saturated carbocycles. The number of aryl methyl sites for hydroxylation is 2. The summed E-state index contributed by atoms with van der Waals surface area (Å²) in [6.45, 7) is 5.24. The lowest BCUT2D eigenvalue weighted by Crippen LogP contribution is -2.08. The van der Waals surface area contributed by atoms with Crippen molar-refractivity contribution in [1.29, 1.82) is 0 Å². The van der Waals surface area contributed by atoms with E-state index in [1.807, 2.05) is 31.2 Å². The van der Waals surface area contributed by atoms with E-state index in [1.165, 1.54) is 16.2 Å². The third-order valence-electron chi connectivity index (χ3n) is 6.25. The Morgan fingerprint density at radius 3 is 2.67 bits per heavy atom. The van der Waals surface area contributed by atoms with Crippen molar-refractivity contribution < 1.29 is 9.84 Å². The predicted octanol–water partition coefficient (Wildman–Crippen LogP) is 5.24. The first kappa shape index (κ1) is 23.4. The molecule has 4 N–H and O–H groups in total. The quantitative estimate of drug-likeness (QED) is 0.293. The van der Waals surface area contributed by atoms with Crippen LogP contribution in [0.5, 0.6) is 5.88 Å². The summed E-state index contributed by atoms with van der Waals surface area (Å²) in [7, 11) is 1.72. The number of benzene rings is 1. The molecule has 7 heteroatoms. The lowest BCUT2D eigenvalue weighted by Gasteiger charge is -2.14. The maximum atomic E-state index is 12.9. The second-order valence-electron chi connectivity index (χ2n) is 8.62. The maximum Gasteiger partial charge on any atom is 0.266 e. The third kappa shape index (κ3) is 4.67. The average Bonchev–Trinajstić information content (AvgIpc) is 3.24. The lowest BCUT2D eigenvalue weighted by molar-refractivity contribution is 0.192. The molecular formula is C26H31N3O3S. The molecule has 0 aliphatic heterocycles. The summed E-state index contributed by atoms with van der Waals surface area (Å²) in [6, 6.07) is 10.2. The van der Waals surface area contributed by atoms with Crippen LogP contribution in [-0.2, 0) is 11.2 Å². The number of aromatic hydroxyl groups is 1. The van der Waals surface area contributed by atoms with Crippen molar-refractivity contribution in [3.05, 3.63) is 56.8 Å². The number of thiophene rings is 1. The zero-order valence-electron chi connectivity index (χ0n) is 19.4. The number of unbranched alkanes of at least 4 members (excludes halogenated alkanes) is 2. The van der Waals surface area contributed by atoms with Crippen molar-refractivity contribution >= 4 is 32.3 Å². The van der Waals surface area contributed by atoms with E-state index in [1.54, 1.807) is 7.11 Å². The van der Waals surface area contributed by atoms with Crippen LogP contribution in [0.3, 0.4) is 0 Å². The highest BCUT2D eigenvalue weighted by molar-refractivity contribution is 7.19. The van der Waals surface area contributed by atoms with Crippen LogP contribution >= 0.6 is 11.3 Å². The molecule has 3 heterocycles. The SMILES string of the molecule is COCCCCCc1cc2c(s1)c(=O)[nH]c1c(C)nc(O)c(-c3ccc(C(C)CN)cc3)c12. The minimum atomic E-state index is -0.109. The number of H-pyrrole nitrogens is 1. The molecule has 4 rings (SSSR count). The van der Waals surface area contributed by atoms with E-state index in [2.05, 4.69) is 23.0 Å². The van der Waals surface area contributed by atoms with Gasteiger partial charge in [0.15, 0.2) is 0 Å². The molecule has 0 bridgehead atoms. The third-order valence-corrected chi connectivity index (χ3v) is 7.44. The topological polar surface area (TPSA) is 101 Å². The molecule has 0 aliphatic rings. The number of aromatic amines is 1. The fraction of sp³-hybridized carbons (Fsp3) is 0.385. The zero-order chi connectivity index (χ0) is 23.5. The van der Waals surface area contributed by atoms with Gasteiger partial charge < -0.3 is 20.6 Å². The van der Waals surface area contributed by atoms with Crippen LogP contribution in [0.25, 0.3) is 32.1 Å². The molecule has 3 aromatic heterocycles. The molecule has 0 spiro atoms. The Bertz CT molecular complexity index is 1330. The number of pyridine rings is 2. The Morgan fingerprint density at radius 2 is 1.97 bits per heavy atom. The van der Waals surface area contributed by atoms with Gasteiger partial charge in [-0.3, -0.25) is 4.79 Å². The molecule has 0 saturated heterocycles. The van der Waals surface area contributed by atoms with Gasteiger partial charge in [-0.1, -0.05) is 37.6 Å². The van der Waals surface area contributed by atoms with Crippen LogP contribution in [0.1, 0.15) is 48.2 Å². The molecule has 1 unspecified atom stereocenters. The molecule has 0 amide bonds. The summed E-state index contributed by atoms with van der Waals surface area (Å²) in [5, 5.41) is 12.6. The van der Waals surface area contributed by atoms with Gasteiger partial charge in [0.1, 0.15) is 4.70 Å². The largest absolute Gasteiger partial charge is 0.493 e. The Hall–Kier alpha value is -2.74. The summed E-state index contributed by atoms with van der Waals surface area (Å²) in [5.74, 6) is 0.229. The maximum absolute atomic E-state index is 12.9. The number of nitrogens with one attached hydrogen (secondary N) is 1. The molecular weight excluding hydrogens is 434 g/mol. The van der Waals surface area contributed by atoms with Crippen molar-refractivity contribution in [1.82, 2.24) is 9.97 Å². The molecule has 6 nitrogen and oxygen atoms in total. The molecule has 0 radical (unpaired) electrons. The van der Waals surface area contributed by atoms with E-state index >= 15 is 0 Å².